The standard InChI is InChI=1S/C17H14Cl2N2OS/c1-9-2-4-11-13(8-20)17(23-15(11)6-9)21-16(22)12-7-10(18)3-5-14(12)19/h3,5,7,9H,2,4,6H2,1H3,(H,21,22)/t9-/m0/s1. The summed E-state index contributed by atoms with van der Waals surface area (Å²) in [5.74, 6) is 0.263. The van der Waals surface area contributed by atoms with Gasteiger partial charge in [-0.15, -0.1) is 11.3 Å². The molecule has 6 heteroatoms. The summed E-state index contributed by atoms with van der Waals surface area (Å²) in [6.07, 6.45) is 2.93. The van der Waals surface area contributed by atoms with Gasteiger partial charge in [0.1, 0.15) is 11.1 Å². The zero-order valence-electron chi connectivity index (χ0n) is 12.5. The van der Waals surface area contributed by atoms with E-state index in [2.05, 4.69) is 18.3 Å². The second-order valence-electron chi connectivity index (χ2n) is 5.75. The molecule has 0 bridgehead atoms. The number of thiophene rings is 1. The zero-order chi connectivity index (χ0) is 16.6. The number of carbonyl (C=O) groups excluding carboxylic acids is 1. The van der Waals surface area contributed by atoms with E-state index in [0.717, 1.165) is 24.8 Å². The highest BCUT2D eigenvalue weighted by Gasteiger charge is 2.25. The van der Waals surface area contributed by atoms with Gasteiger partial charge in [0.05, 0.1) is 16.1 Å². The summed E-state index contributed by atoms with van der Waals surface area (Å²) in [5.41, 5.74) is 1.98. The van der Waals surface area contributed by atoms with Gasteiger partial charge in [0.25, 0.3) is 5.91 Å². The van der Waals surface area contributed by atoms with Crippen molar-refractivity contribution in [3.8, 4) is 6.07 Å². The lowest BCUT2D eigenvalue weighted by molar-refractivity contribution is 0.102. The van der Waals surface area contributed by atoms with Crippen LogP contribution in [0.1, 0.15) is 39.7 Å². The van der Waals surface area contributed by atoms with Gasteiger partial charge in [-0.1, -0.05) is 30.1 Å². The maximum Gasteiger partial charge on any atom is 0.257 e. The lowest BCUT2D eigenvalue weighted by Gasteiger charge is -2.17. The Labute approximate surface area is 148 Å². The van der Waals surface area contributed by atoms with Crippen molar-refractivity contribution >= 4 is 45.4 Å². The molecule has 0 radical (unpaired) electrons. The highest BCUT2D eigenvalue weighted by Crippen LogP contribution is 2.39. The molecule has 0 fully saturated rings. The van der Waals surface area contributed by atoms with Crippen LogP contribution in [0.25, 0.3) is 0 Å². The normalized spacial score (nSPS) is 16.5. The maximum atomic E-state index is 12.5. The lowest BCUT2D eigenvalue weighted by Crippen LogP contribution is -2.12. The molecule has 1 aliphatic carbocycles. The van der Waals surface area contributed by atoms with Crippen molar-refractivity contribution in [2.24, 2.45) is 5.92 Å². The smallest absolute Gasteiger partial charge is 0.257 e. The van der Waals surface area contributed by atoms with Crippen molar-refractivity contribution in [1.29, 1.82) is 5.26 Å². The molecule has 1 N–H and O–H groups in total. The number of benzene rings is 1. The minimum absolute atomic E-state index is 0.308. The minimum atomic E-state index is -0.347. The highest BCUT2D eigenvalue weighted by atomic mass is 35.5. The van der Waals surface area contributed by atoms with Crippen molar-refractivity contribution in [3.05, 3.63) is 49.8 Å². The molecule has 23 heavy (non-hydrogen) atoms. The number of halogens is 2. The Morgan fingerprint density at radius 1 is 1.43 bits per heavy atom. The minimum Gasteiger partial charge on any atom is -0.312 e. The molecule has 0 spiro atoms. The van der Waals surface area contributed by atoms with Crippen molar-refractivity contribution in [1.82, 2.24) is 0 Å². The van der Waals surface area contributed by atoms with Crippen LogP contribution in [0.3, 0.4) is 0 Å². The third kappa shape index (κ3) is 3.23. The molecule has 1 aliphatic rings. The fourth-order valence-electron chi connectivity index (χ4n) is 2.80. The number of anilines is 1. The first-order valence-corrected chi connectivity index (χ1v) is 8.88. The molecular weight excluding hydrogens is 351 g/mol. The van der Waals surface area contributed by atoms with E-state index < -0.39 is 0 Å². The zero-order valence-corrected chi connectivity index (χ0v) is 14.8. The van der Waals surface area contributed by atoms with Crippen molar-refractivity contribution in [3.63, 3.8) is 0 Å². The van der Waals surface area contributed by atoms with Crippen LogP contribution in [0.2, 0.25) is 10.0 Å². The Bertz CT molecular complexity index is 823. The van der Waals surface area contributed by atoms with Gasteiger partial charge in [0.15, 0.2) is 0 Å². The van der Waals surface area contributed by atoms with E-state index in [1.165, 1.54) is 22.3 Å². The predicted octanol–water partition coefficient (Wildman–Crippen LogP) is 5.30. The van der Waals surface area contributed by atoms with E-state index in [9.17, 15) is 10.1 Å². The molecule has 1 amide bonds. The summed E-state index contributed by atoms with van der Waals surface area (Å²) < 4.78 is 0. The van der Waals surface area contributed by atoms with Gasteiger partial charge >= 0.3 is 0 Å². The second kappa shape index (κ2) is 6.52. The first-order valence-electron chi connectivity index (χ1n) is 7.30. The topological polar surface area (TPSA) is 52.9 Å². The molecule has 0 saturated carbocycles. The molecule has 1 aromatic heterocycles. The Hall–Kier alpha value is -1.54. The summed E-state index contributed by atoms with van der Waals surface area (Å²) in [6, 6.07) is 6.99. The van der Waals surface area contributed by atoms with E-state index in [1.807, 2.05) is 0 Å². The molecule has 1 atom stereocenters. The van der Waals surface area contributed by atoms with Gasteiger partial charge in [-0.05, 0) is 48.9 Å². The molecule has 118 valence electrons. The largest absolute Gasteiger partial charge is 0.312 e. The number of nitrogens with one attached hydrogen (secondary N) is 1. The number of rotatable bonds is 2. The Kier molecular flexibility index (Phi) is 4.63. The summed E-state index contributed by atoms with van der Waals surface area (Å²) in [5, 5.41) is 13.7. The first-order chi connectivity index (χ1) is 11.0. The molecule has 3 rings (SSSR count). The van der Waals surface area contributed by atoms with Crippen LogP contribution in [-0.4, -0.2) is 5.91 Å². The van der Waals surface area contributed by atoms with Crippen molar-refractivity contribution < 1.29 is 4.79 Å². The van der Waals surface area contributed by atoms with Gasteiger partial charge in [-0.2, -0.15) is 5.26 Å². The van der Waals surface area contributed by atoms with Gasteiger partial charge in [-0.3, -0.25) is 4.79 Å². The number of carbonyl (C=O) groups is 1. The van der Waals surface area contributed by atoms with Gasteiger partial charge in [-0.25, -0.2) is 0 Å². The molecule has 0 saturated heterocycles. The summed E-state index contributed by atoms with van der Waals surface area (Å²) in [4.78, 5) is 13.7. The molecule has 1 aromatic carbocycles. The average Bonchev–Trinajstić information content (AvgIpc) is 2.85. The van der Waals surface area contributed by atoms with E-state index in [1.54, 1.807) is 12.1 Å². The van der Waals surface area contributed by atoms with Crippen molar-refractivity contribution in [2.75, 3.05) is 5.32 Å². The van der Waals surface area contributed by atoms with E-state index in [4.69, 9.17) is 23.2 Å². The first kappa shape index (κ1) is 16.3. The molecule has 2 aromatic rings. The van der Waals surface area contributed by atoms with Gasteiger partial charge in [0.2, 0.25) is 0 Å². The second-order valence-corrected chi connectivity index (χ2v) is 7.69. The summed E-state index contributed by atoms with van der Waals surface area (Å²) >= 11 is 13.5. The van der Waals surface area contributed by atoms with E-state index in [-0.39, 0.29) is 5.91 Å². The highest BCUT2D eigenvalue weighted by molar-refractivity contribution is 7.16. The average molecular weight is 365 g/mol. The van der Waals surface area contributed by atoms with Crippen LogP contribution < -0.4 is 5.32 Å². The fourth-order valence-corrected chi connectivity index (χ4v) is 4.53. The third-order valence-corrected chi connectivity index (χ3v) is 5.76. The van der Waals surface area contributed by atoms with Gasteiger partial charge < -0.3 is 5.32 Å². The quantitative estimate of drug-likeness (QED) is 0.785. The fraction of sp³-hybridized carbons (Fsp3) is 0.294. The molecule has 0 unspecified atom stereocenters. The predicted molar refractivity (Wildman–Crippen MR) is 94.6 cm³/mol. The van der Waals surface area contributed by atoms with Crippen LogP contribution in [0.5, 0.6) is 0 Å². The van der Waals surface area contributed by atoms with Gasteiger partial charge in [0, 0.05) is 9.90 Å². The summed E-state index contributed by atoms with van der Waals surface area (Å²) in [7, 11) is 0. The number of nitriles is 1. The third-order valence-electron chi connectivity index (χ3n) is 4.02. The molecular formula is C17H14Cl2N2OS. The SMILES string of the molecule is C[C@H]1CCc2c(sc(NC(=O)c3cc(Cl)ccc3Cl)c2C#N)C1. The maximum absolute atomic E-state index is 12.5. The van der Waals surface area contributed by atoms with Crippen LogP contribution in [0.4, 0.5) is 5.00 Å². The summed E-state index contributed by atoms with van der Waals surface area (Å²) in [6.45, 7) is 2.21. The Balaban J connectivity index is 1.93. The van der Waals surface area contributed by atoms with Crippen LogP contribution in [0, 0.1) is 17.2 Å². The Morgan fingerprint density at radius 3 is 2.96 bits per heavy atom. The Morgan fingerprint density at radius 2 is 2.22 bits per heavy atom. The number of nitrogens with zero attached hydrogens (tertiary/aromatic N) is 1. The number of hydrogen-bond acceptors (Lipinski definition) is 3. The monoisotopic (exact) mass is 364 g/mol. The number of amides is 1. The van der Waals surface area contributed by atoms with E-state index >= 15 is 0 Å². The van der Waals surface area contributed by atoms with Crippen LogP contribution in [-0.2, 0) is 12.8 Å². The number of hydrogen-bond donors (Lipinski definition) is 1. The van der Waals surface area contributed by atoms with Crippen LogP contribution >= 0.6 is 34.5 Å². The lowest BCUT2D eigenvalue weighted by atomic mass is 9.88. The number of fused-ring (bicyclic) bond motifs is 1. The molecule has 3 nitrogen and oxygen atoms in total. The van der Waals surface area contributed by atoms with Crippen molar-refractivity contribution in [2.45, 2.75) is 26.2 Å². The van der Waals surface area contributed by atoms with Crippen LogP contribution in [0.15, 0.2) is 18.2 Å². The molecule has 0 aliphatic heterocycles. The van der Waals surface area contributed by atoms with E-state index in [0.29, 0.717) is 32.1 Å². The molecule has 1 heterocycles.